The van der Waals surface area contributed by atoms with Crippen molar-refractivity contribution in [3.63, 3.8) is 0 Å². The molecule has 0 aromatic carbocycles. The number of amides is 2. The molecule has 1 atom stereocenters. The van der Waals surface area contributed by atoms with Gasteiger partial charge in [0.2, 0.25) is 11.8 Å². The minimum absolute atomic E-state index is 0.174. The zero-order valence-corrected chi connectivity index (χ0v) is 15.5. The minimum atomic E-state index is -4.47. The van der Waals surface area contributed by atoms with Crippen LogP contribution >= 0.6 is 0 Å². The lowest BCUT2D eigenvalue weighted by Crippen LogP contribution is -2.37. The summed E-state index contributed by atoms with van der Waals surface area (Å²) in [4.78, 5) is 28.9. The second-order valence-corrected chi connectivity index (χ2v) is 6.87. The first-order chi connectivity index (χ1) is 13.1. The lowest BCUT2D eigenvalue weighted by atomic mass is 10.1. The summed E-state index contributed by atoms with van der Waals surface area (Å²) in [6.07, 6.45) is -3.08. The van der Waals surface area contributed by atoms with Gasteiger partial charge in [0.25, 0.3) is 0 Å². The summed E-state index contributed by atoms with van der Waals surface area (Å²) in [5.41, 5.74) is 2.55. The smallest absolute Gasteiger partial charge is 0.352 e. The Morgan fingerprint density at radius 1 is 1.32 bits per heavy atom. The third kappa shape index (κ3) is 4.68. The number of likely N-dealkylation sites (tertiary alicyclic amines) is 1. The van der Waals surface area contributed by atoms with Crippen molar-refractivity contribution < 1.29 is 22.8 Å². The van der Waals surface area contributed by atoms with Gasteiger partial charge in [0.1, 0.15) is 6.54 Å². The summed E-state index contributed by atoms with van der Waals surface area (Å²) in [6.45, 7) is 2.43. The van der Waals surface area contributed by atoms with Crippen LogP contribution in [-0.4, -0.2) is 50.7 Å². The van der Waals surface area contributed by atoms with E-state index in [0.717, 1.165) is 17.0 Å². The molecule has 1 aliphatic rings. The standard InChI is InChI=1S/C18H20F3N5O2/c1-11-5-12(2)26(24-11)15-4-3-13(7-22-15)8-23-17(28)14-6-16(27)25(9-14)10-18(19,20)21/h3-5,7,14H,6,8-10H2,1-2H3,(H,23,28). The Balaban J connectivity index is 1.55. The molecule has 1 aliphatic heterocycles. The largest absolute Gasteiger partial charge is 0.406 e. The number of nitrogens with one attached hydrogen (secondary N) is 1. The number of nitrogens with zero attached hydrogens (tertiary/aromatic N) is 4. The Labute approximate surface area is 159 Å². The Bertz CT molecular complexity index is 876. The van der Waals surface area contributed by atoms with E-state index < -0.39 is 30.5 Å². The Morgan fingerprint density at radius 2 is 2.07 bits per heavy atom. The van der Waals surface area contributed by atoms with Crippen molar-refractivity contribution in [3.05, 3.63) is 41.3 Å². The third-order valence-electron chi connectivity index (χ3n) is 4.46. The number of aryl methyl sites for hydroxylation is 2. The highest BCUT2D eigenvalue weighted by Gasteiger charge is 2.40. The summed E-state index contributed by atoms with van der Waals surface area (Å²) < 4.78 is 39.1. The van der Waals surface area contributed by atoms with Gasteiger partial charge in [-0.05, 0) is 31.5 Å². The minimum Gasteiger partial charge on any atom is -0.352 e. The van der Waals surface area contributed by atoms with Crippen LogP contribution in [0.15, 0.2) is 24.4 Å². The molecule has 10 heteroatoms. The van der Waals surface area contributed by atoms with E-state index in [2.05, 4.69) is 15.4 Å². The molecule has 2 aromatic heterocycles. The summed E-state index contributed by atoms with van der Waals surface area (Å²) in [6, 6.07) is 5.49. The van der Waals surface area contributed by atoms with Crippen LogP contribution < -0.4 is 5.32 Å². The van der Waals surface area contributed by atoms with Crippen LogP contribution in [-0.2, 0) is 16.1 Å². The predicted molar refractivity (Wildman–Crippen MR) is 93.4 cm³/mol. The Morgan fingerprint density at radius 3 is 2.64 bits per heavy atom. The second kappa shape index (κ2) is 7.61. The number of hydrogen-bond donors (Lipinski definition) is 1. The van der Waals surface area contributed by atoms with Gasteiger partial charge in [-0.2, -0.15) is 18.3 Å². The van der Waals surface area contributed by atoms with Crippen LogP contribution in [0.5, 0.6) is 0 Å². The van der Waals surface area contributed by atoms with Gasteiger partial charge in [0.15, 0.2) is 5.82 Å². The van der Waals surface area contributed by atoms with Crippen molar-refractivity contribution >= 4 is 11.8 Å². The van der Waals surface area contributed by atoms with Crippen molar-refractivity contribution in [2.24, 2.45) is 5.92 Å². The highest BCUT2D eigenvalue weighted by atomic mass is 19.4. The molecule has 0 radical (unpaired) electrons. The molecule has 150 valence electrons. The van der Waals surface area contributed by atoms with Crippen LogP contribution in [0.25, 0.3) is 5.82 Å². The summed E-state index contributed by atoms with van der Waals surface area (Å²) in [5.74, 6) is -1.24. The van der Waals surface area contributed by atoms with Gasteiger partial charge >= 0.3 is 6.18 Å². The van der Waals surface area contributed by atoms with Crippen LogP contribution in [0.1, 0.15) is 23.4 Å². The van der Waals surface area contributed by atoms with Crippen LogP contribution in [0, 0.1) is 19.8 Å². The average Bonchev–Trinajstić information content (AvgIpc) is 3.13. The fraction of sp³-hybridized carbons (Fsp3) is 0.444. The molecule has 1 unspecified atom stereocenters. The molecule has 0 saturated carbocycles. The molecule has 0 spiro atoms. The van der Waals surface area contributed by atoms with E-state index in [0.29, 0.717) is 10.7 Å². The number of alkyl halides is 3. The molecule has 7 nitrogen and oxygen atoms in total. The molecule has 2 amide bonds. The zero-order chi connectivity index (χ0) is 20.5. The number of carbonyl (C=O) groups is 2. The first-order valence-electron chi connectivity index (χ1n) is 8.73. The highest BCUT2D eigenvalue weighted by Crippen LogP contribution is 2.24. The molecule has 1 N–H and O–H groups in total. The molecular weight excluding hydrogens is 375 g/mol. The highest BCUT2D eigenvalue weighted by molar-refractivity contribution is 5.89. The van der Waals surface area contributed by atoms with Gasteiger partial charge in [-0.3, -0.25) is 9.59 Å². The Hall–Kier alpha value is -2.91. The number of rotatable bonds is 5. The number of hydrogen-bond acceptors (Lipinski definition) is 4. The van der Waals surface area contributed by atoms with Gasteiger partial charge in [0.05, 0.1) is 11.6 Å². The van der Waals surface area contributed by atoms with Gasteiger partial charge in [-0.15, -0.1) is 0 Å². The Kier molecular flexibility index (Phi) is 5.39. The maximum absolute atomic E-state index is 12.5. The van der Waals surface area contributed by atoms with E-state index >= 15 is 0 Å². The van der Waals surface area contributed by atoms with Crippen molar-refractivity contribution in [2.75, 3.05) is 13.1 Å². The average molecular weight is 395 g/mol. The van der Waals surface area contributed by atoms with E-state index in [1.54, 1.807) is 23.0 Å². The number of halogens is 3. The van der Waals surface area contributed by atoms with E-state index in [4.69, 9.17) is 0 Å². The summed E-state index contributed by atoms with van der Waals surface area (Å²) >= 11 is 0. The van der Waals surface area contributed by atoms with E-state index in [-0.39, 0.29) is 19.5 Å². The first-order valence-corrected chi connectivity index (χ1v) is 8.73. The van der Waals surface area contributed by atoms with Crippen LogP contribution in [0.4, 0.5) is 13.2 Å². The van der Waals surface area contributed by atoms with Gasteiger partial charge in [-0.25, -0.2) is 9.67 Å². The third-order valence-corrected chi connectivity index (χ3v) is 4.46. The lowest BCUT2D eigenvalue weighted by Gasteiger charge is -2.18. The summed E-state index contributed by atoms with van der Waals surface area (Å²) in [5, 5.41) is 7.00. The van der Waals surface area contributed by atoms with Crippen molar-refractivity contribution in [2.45, 2.75) is 33.0 Å². The molecule has 1 fully saturated rings. The predicted octanol–water partition coefficient (Wildman–Crippen LogP) is 1.91. The molecular formula is C18H20F3N5O2. The molecule has 3 heterocycles. The van der Waals surface area contributed by atoms with Crippen molar-refractivity contribution in [1.29, 1.82) is 0 Å². The van der Waals surface area contributed by atoms with Crippen molar-refractivity contribution in [3.8, 4) is 5.82 Å². The van der Waals surface area contributed by atoms with Gasteiger partial charge in [0, 0.05) is 31.4 Å². The number of aromatic nitrogens is 3. The fourth-order valence-electron chi connectivity index (χ4n) is 3.16. The zero-order valence-electron chi connectivity index (χ0n) is 15.5. The molecule has 3 rings (SSSR count). The van der Waals surface area contributed by atoms with Crippen LogP contribution in [0.2, 0.25) is 0 Å². The van der Waals surface area contributed by atoms with E-state index in [9.17, 15) is 22.8 Å². The SMILES string of the molecule is Cc1cc(C)n(-c2ccc(CNC(=O)C3CC(=O)N(CC(F)(F)F)C3)cn2)n1. The molecule has 0 aliphatic carbocycles. The maximum atomic E-state index is 12.5. The number of carbonyl (C=O) groups excluding carboxylic acids is 2. The monoisotopic (exact) mass is 395 g/mol. The molecule has 0 bridgehead atoms. The fourth-order valence-corrected chi connectivity index (χ4v) is 3.16. The quantitative estimate of drug-likeness (QED) is 0.839. The van der Waals surface area contributed by atoms with Gasteiger partial charge < -0.3 is 10.2 Å². The van der Waals surface area contributed by atoms with E-state index in [1.807, 2.05) is 19.9 Å². The van der Waals surface area contributed by atoms with Crippen molar-refractivity contribution in [1.82, 2.24) is 25.0 Å². The van der Waals surface area contributed by atoms with E-state index in [1.165, 1.54) is 0 Å². The van der Waals surface area contributed by atoms with Gasteiger partial charge in [-0.1, -0.05) is 6.07 Å². The lowest BCUT2D eigenvalue weighted by molar-refractivity contribution is -0.157. The topological polar surface area (TPSA) is 80.1 Å². The molecule has 1 saturated heterocycles. The number of pyridine rings is 1. The summed E-state index contributed by atoms with van der Waals surface area (Å²) in [7, 11) is 0. The molecule has 2 aromatic rings. The first kappa shape index (κ1) is 19.8. The van der Waals surface area contributed by atoms with Crippen LogP contribution in [0.3, 0.4) is 0 Å². The maximum Gasteiger partial charge on any atom is 0.406 e. The second-order valence-electron chi connectivity index (χ2n) is 6.87. The normalized spacial score (nSPS) is 17.2. The molecule has 28 heavy (non-hydrogen) atoms.